The minimum absolute atomic E-state index is 0.259. The molecule has 0 aromatic heterocycles. The Labute approximate surface area is 147 Å². The van der Waals surface area contributed by atoms with Gasteiger partial charge in [0.25, 0.3) is 0 Å². The highest BCUT2D eigenvalue weighted by Crippen LogP contribution is 2.20. The van der Waals surface area contributed by atoms with Gasteiger partial charge < -0.3 is 15.1 Å². The van der Waals surface area contributed by atoms with Crippen LogP contribution in [-0.2, 0) is 20.8 Å². The highest BCUT2D eigenvalue weighted by atomic mass is 19.1. The number of hydrogen-bond donors (Lipinski definition) is 1. The highest BCUT2D eigenvalue weighted by Gasteiger charge is 2.39. The molecule has 1 aliphatic rings. The van der Waals surface area contributed by atoms with E-state index in [1.54, 1.807) is 41.8 Å². The fraction of sp³-hybridized carbons (Fsp3) is 0.500. The van der Waals surface area contributed by atoms with Crippen LogP contribution in [0.15, 0.2) is 24.3 Å². The maximum atomic E-state index is 13.6. The van der Waals surface area contributed by atoms with Crippen LogP contribution in [0.25, 0.3) is 0 Å². The third-order valence-electron chi connectivity index (χ3n) is 4.49. The Balaban J connectivity index is 1.87. The Bertz CT molecular complexity index is 640. The molecule has 1 aliphatic heterocycles. The van der Waals surface area contributed by atoms with Crippen molar-refractivity contribution in [3.8, 4) is 0 Å². The average molecular weight is 349 g/mol. The number of hydrogen-bond acceptors (Lipinski definition) is 3. The van der Waals surface area contributed by atoms with E-state index in [4.69, 9.17) is 0 Å². The van der Waals surface area contributed by atoms with Crippen LogP contribution < -0.4 is 5.32 Å². The van der Waals surface area contributed by atoms with Crippen molar-refractivity contribution < 1.29 is 18.8 Å². The largest absolute Gasteiger partial charge is 0.355 e. The van der Waals surface area contributed by atoms with E-state index in [1.807, 2.05) is 0 Å². The number of nitrogens with one attached hydrogen (secondary N) is 1. The smallest absolute Gasteiger partial charge is 0.237 e. The molecule has 0 bridgehead atoms. The first kappa shape index (κ1) is 18.9. The Morgan fingerprint density at radius 1 is 1.20 bits per heavy atom. The fourth-order valence-corrected chi connectivity index (χ4v) is 2.76. The molecule has 1 aromatic rings. The van der Waals surface area contributed by atoms with Gasteiger partial charge in [-0.3, -0.25) is 14.4 Å². The Kier molecular flexibility index (Phi) is 6.12. The lowest BCUT2D eigenvalue weighted by Gasteiger charge is -2.36. The van der Waals surface area contributed by atoms with Crippen LogP contribution >= 0.6 is 0 Å². The summed E-state index contributed by atoms with van der Waals surface area (Å²) in [5.74, 6) is -0.951. The zero-order valence-corrected chi connectivity index (χ0v) is 14.6. The van der Waals surface area contributed by atoms with E-state index in [1.165, 1.54) is 6.07 Å². The van der Waals surface area contributed by atoms with Gasteiger partial charge in [0.2, 0.25) is 18.2 Å². The summed E-state index contributed by atoms with van der Waals surface area (Å²) in [7, 11) is 0. The summed E-state index contributed by atoms with van der Waals surface area (Å²) in [6, 6.07) is 6.41. The second kappa shape index (κ2) is 8.09. The molecule has 1 saturated heterocycles. The maximum Gasteiger partial charge on any atom is 0.237 e. The number of carbonyl (C=O) groups excluding carboxylic acids is 3. The lowest BCUT2D eigenvalue weighted by atomic mass is 9.90. The number of nitrogens with zero attached hydrogens (tertiary/aromatic N) is 2. The van der Waals surface area contributed by atoms with Crippen molar-refractivity contribution in [2.75, 3.05) is 32.7 Å². The predicted molar refractivity (Wildman–Crippen MR) is 91.1 cm³/mol. The van der Waals surface area contributed by atoms with E-state index in [0.717, 1.165) is 6.41 Å². The van der Waals surface area contributed by atoms with Crippen molar-refractivity contribution in [1.29, 1.82) is 0 Å². The third-order valence-corrected chi connectivity index (χ3v) is 4.49. The molecule has 0 radical (unpaired) electrons. The van der Waals surface area contributed by atoms with Gasteiger partial charge in [-0.1, -0.05) is 18.2 Å². The quantitative estimate of drug-likeness (QED) is 0.610. The normalized spacial score (nSPS) is 15.0. The summed E-state index contributed by atoms with van der Waals surface area (Å²) >= 11 is 0. The van der Waals surface area contributed by atoms with Gasteiger partial charge in [-0.15, -0.1) is 0 Å². The molecule has 0 unspecified atom stereocenters. The molecule has 1 aromatic carbocycles. The maximum absolute atomic E-state index is 13.6. The average Bonchev–Trinajstić information content (AvgIpc) is 2.62. The lowest BCUT2D eigenvalue weighted by molar-refractivity contribution is -0.150. The summed E-state index contributed by atoms with van der Waals surface area (Å²) in [6.07, 6.45) is 1.13. The molecule has 2 rings (SSSR count). The van der Waals surface area contributed by atoms with Gasteiger partial charge >= 0.3 is 0 Å². The topological polar surface area (TPSA) is 69.7 Å². The fourth-order valence-electron chi connectivity index (χ4n) is 2.76. The molecule has 0 atom stereocenters. The molecule has 0 saturated carbocycles. The van der Waals surface area contributed by atoms with Crippen LogP contribution in [0.2, 0.25) is 0 Å². The molecule has 1 heterocycles. The van der Waals surface area contributed by atoms with E-state index < -0.39 is 5.41 Å². The van der Waals surface area contributed by atoms with Crippen LogP contribution in [-0.4, -0.2) is 60.7 Å². The molecular weight excluding hydrogens is 325 g/mol. The summed E-state index contributed by atoms with van der Waals surface area (Å²) in [5, 5.41) is 2.72. The van der Waals surface area contributed by atoms with Crippen molar-refractivity contribution in [3.05, 3.63) is 35.6 Å². The van der Waals surface area contributed by atoms with E-state index in [0.29, 0.717) is 38.2 Å². The molecule has 3 amide bonds. The summed E-state index contributed by atoms with van der Waals surface area (Å²) < 4.78 is 13.6. The number of carbonyl (C=O) groups is 3. The van der Waals surface area contributed by atoms with Crippen LogP contribution in [0.1, 0.15) is 19.4 Å². The molecule has 1 N–H and O–H groups in total. The van der Waals surface area contributed by atoms with Gasteiger partial charge in [0, 0.05) is 32.7 Å². The molecule has 0 aliphatic carbocycles. The number of halogens is 1. The van der Waals surface area contributed by atoms with Crippen LogP contribution in [0.5, 0.6) is 0 Å². The molecule has 25 heavy (non-hydrogen) atoms. The molecule has 136 valence electrons. The van der Waals surface area contributed by atoms with E-state index in [9.17, 15) is 18.8 Å². The van der Waals surface area contributed by atoms with E-state index >= 15 is 0 Å². The molecule has 6 nitrogen and oxygen atoms in total. The first-order valence-electron chi connectivity index (χ1n) is 8.36. The molecular formula is C18H24FN3O3. The SMILES string of the molecule is CC(C)(C(=O)NCCc1ccccc1F)C(=O)N1CCN(C=O)CC1. The Hall–Kier alpha value is -2.44. The Morgan fingerprint density at radius 3 is 2.44 bits per heavy atom. The Morgan fingerprint density at radius 2 is 1.84 bits per heavy atom. The van der Waals surface area contributed by atoms with Crippen molar-refractivity contribution in [1.82, 2.24) is 15.1 Å². The highest BCUT2D eigenvalue weighted by molar-refractivity contribution is 6.04. The summed E-state index contributed by atoms with van der Waals surface area (Å²) in [6.45, 7) is 5.21. The van der Waals surface area contributed by atoms with Crippen LogP contribution in [0, 0.1) is 11.2 Å². The zero-order valence-electron chi connectivity index (χ0n) is 14.6. The van der Waals surface area contributed by atoms with Gasteiger partial charge in [0.15, 0.2) is 0 Å². The monoisotopic (exact) mass is 349 g/mol. The predicted octanol–water partition coefficient (Wildman–Crippen LogP) is 0.811. The zero-order chi connectivity index (χ0) is 18.4. The van der Waals surface area contributed by atoms with E-state index in [-0.39, 0.29) is 24.2 Å². The second-order valence-electron chi connectivity index (χ2n) is 6.66. The van der Waals surface area contributed by atoms with Crippen molar-refractivity contribution in [2.45, 2.75) is 20.3 Å². The third kappa shape index (κ3) is 4.55. The lowest BCUT2D eigenvalue weighted by Crippen LogP contribution is -2.55. The minimum Gasteiger partial charge on any atom is -0.355 e. The van der Waals surface area contributed by atoms with Crippen LogP contribution in [0.4, 0.5) is 4.39 Å². The van der Waals surface area contributed by atoms with E-state index in [2.05, 4.69) is 5.32 Å². The minimum atomic E-state index is -1.21. The second-order valence-corrected chi connectivity index (χ2v) is 6.66. The summed E-state index contributed by atoms with van der Waals surface area (Å²) in [5.41, 5.74) is -0.685. The van der Waals surface area contributed by atoms with Crippen molar-refractivity contribution >= 4 is 18.2 Å². The van der Waals surface area contributed by atoms with Gasteiger partial charge in [-0.2, -0.15) is 0 Å². The van der Waals surface area contributed by atoms with Crippen LogP contribution in [0.3, 0.4) is 0 Å². The number of benzene rings is 1. The van der Waals surface area contributed by atoms with Crippen molar-refractivity contribution in [3.63, 3.8) is 0 Å². The first-order chi connectivity index (χ1) is 11.9. The number of rotatable bonds is 6. The molecule has 1 fully saturated rings. The van der Waals surface area contributed by atoms with Gasteiger partial charge in [-0.25, -0.2) is 4.39 Å². The standard InChI is InChI=1S/C18H24FN3O3/c1-18(2,17(25)22-11-9-21(13-23)10-12-22)16(24)20-8-7-14-5-3-4-6-15(14)19/h3-6,13H,7-12H2,1-2H3,(H,20,24). The number of piperazine rings is 1. The number of amides is 3. The van der Waals surface area contributed by atoms with Gasteiger partial charge in [0.05, 0.1) is 0 Å². The van der Waals surface area contributed by atoms with Crippen molar-refractivity contribution in [2.24, 2.45) is 5.41 Å². The molecule has 0 spiro atoms. The summed E-state index contributed by atoms with van der Waals surface area (Å²) in [4.78, 5) is 39.0. The first-order valence-corrected chi connectivity index (χ1v) is 8.36. The van der Waals surface area contributed by atoms with Gasteiger partial charge in [-0.05, 0) is 31.9 Å². The molecule has 7 heteroatoms. The van der Waals surface area contributed by atoms with Gasteiger partial charge in [0.1, 0.15) is 11.2 Å².